The molecular weight excluding hydrogens is 370 g/mol. The Kier molecular flexibility index (Phi) is 4.01. The van der Waals surface area contributed by atoms with Crippen molar-refractivity contribution < 1.29 is 9.15 Å². The Morgan fingerprint density at radius 3 is 2.23 bits per heavy atom. The minimum atomic E-state index is 0.0962. The van der Waals surface area contributed by atoms with Gasteiger partial charge in [0.25, 0.3) is 0 Å². The maximum Gasteiger partial charge on any atom is 0.249 e. The molecule has 0 amide bonds. The summed E-state index contributed by atoms with van der Waals surface area (Å²) >= 11 is 0. The van der Waals surface area contributed by atoms with Gasteiger partial charge in [0.15, 0.2) is 11.5 Å². The number of para-hydroxylation sites is 2. The molecular formula is C27H27NO2. The zero-order valence-electron chi connectivity index (χ0n) is 18.5. The summed E-state index contributed by atoms with van der Waals surface area (Å²) in [5.74, 6) is 2.36. The smallest absolute Gasteiger partial charge is 0.249 e. The lowest BCUT2D eigenvalue weighted by molar-refractivity contribution is 0.463. The van der Waals surface area contributed by atoms with Crippen molar-refractivity contribution in [3.63, 3.8) is 0 Å². The zero-order valence-corrected chi connectivity index (χ0v) is 18.5. The van der Waals surface area contributed by atoms with Gasteiger partial charge in [-0.25, -0.2) is 0 Å². The molecule has 1 aromatic heterocycles. The van der Waals surface area contributed by atoms with Crippen LogP contribution in [-0.4, -0.2) is 0 Å². The molecule has 30 heavy (non-hydrogen) atoms. The topological polar surface area (TPSA) is 25.6 Å². The first-order chi connectivity index (χ1) is 14.2. The van der Waals surface area contributed by atoms with Crippen molar-refractivity contribution in [3.8, 4) is 11.5 Å². The van der Waals surface area contributed by atoms with Crippen molar-refractivity contribution in [2.75, 3.05) is 4.90 Å². The summed E-state index contributed by atoms with van der Waals surface area (Å²) in [6.45, 7) is 13.2. The number of nitrogens with zero attached hydrogens (tertiary/aromatic N) is 1. The summed E-state index contributed by atoms with van der Waals surface area (Å²) in [5.41, 5.74) is 8.04. The lowest BCUT2D eigenvalue weighted by Gasteiger charge is -2.32. The highest BCUT2D eigenvalue weighted by molar-refractivity contribution is 5.97. The van der Waals surface area contributed by atoms with Crippen molar-refractivity contribution in [2.45, 2.75) is 47.0 Å². The lowest BCUT2D eigenvalue weighted by atomic mass is 9.84. The lowest BCUT2D eigenvalue weighted by Crippen LogP contribution is -2.18. The second-order valence-corrected chi connectivity index (χ2v) is 9.35. The van der Waals surface area contributed by atoms with Gasteiger partial charge >= 0.3 is 0 Å². The average molecular weight is 398 g/mol. The predicted octanol–water partition coefficient (Wildman–Crippen LogP) is 8.23. The third-order valence-electron chi connectivity index (χ3n) is 5.88. The number of furan rings is 1. The van der Waals surface area contributed by atoms with Gasteiger partial charge < -0.3 is 9.15 Å². The van der Waals surface area contributed by atoms with E-state index in [0.717, 1.165) is 39.7 Å². The largest absolute Gasteiger partial charge is 0.449 e. The normalized spacial score (nSPS) is 13.2. The van der Waals surface area contributed by atoms with Gasteiger partial charge in [0, 0.05) is 0 Å². The summed E-state index contributed by atoms with van der Waals surface area (Å²) in [6.07, 6.45) is 0. The van der Waals surface area contributed by atoms with Crippen molar-refractivity contribution in [2.24, 2.45) is 0 Å². The summed E-state index contributed by atoms with van der Waals surface area (Å²) in [4.78, 5) is 2.22. The van der Waals surface area contributed by atoms with Gasteiger partial charge in [0.2, 0.25) is 5.88 Å². The fourth-order valence-electron chi connectivity index (χ4n) is 4.33. The van der Waals surface area contributed by atoms with Crippen LogP contribution in [0, 0.1) is 20.8 Å². The highest BCUT2D eigenvalue weighted by atomic mass is 16.5. The Labute approximate surface area is 177 Å². The van der Waals surface area contributed by atoms with Crippen LogP contribution in [0.15, 0.2) is 59.0 Å². The van der Waals surface area contributed by atoms with Gasteiger partial charge in [-0.2, -0.15) is 0 Å². The second-order valence-electron chi connectivity index (χ2n) is 9.35. The number of hydrogen-bond acceptors (Lipinski definition) is 3. The van der Waals surface area contributed by atoms with Crippen LogP contribution >= 0.6 is 0 Å². The van der Waals surface area contributed by atoms with Gasteiger partial charge in [0.1, 0.15) is 5.58 Å². The fourth-order valence-corrected chi connectivity index (χ4v) is 4.33. The highest BCUT2D eigenvalue weighted by Crippen LogP contribution is 2.55. The molecule has 0 saturated heterocycles. The maximum absolute atomic E-state index is 6.38. The first-order valence-electron chi connectivity index (χ1n) is 10.5. The highest BCUT2D eigenvalue weighted by Gasteiger charge is 2.33. The molecule has 0 unspecified atom stereocenters. The van der Waals surface area contributed by atoms with Crippen LogP contribution in [0.1, 0.15) is 43.0 Å². The molecule has 0 radical (unpaired) electrons. The molecule has 1 aliphatic rings. The minimum absolute atomic E-state index is 0.0962. The molecule has 0 bridgehead atoms. The van der Waals surface area contributed by atoms with Gasteiger partial charge in [-0.05, 0) is 67.1 Å². The van der Waals surface area contributed by atoms with E-state index in [-0.39, 0.29) is 5.41 Å². The number of rotatable bonds is 1. The summed E-state index contributed by atoms with van der Waals surface area (Å²) in [5, 5.41) is 1.01. The Morgan fingerprint density at radius 1 is 0.833 bits per heavy atom. The average Bonchev–Trinajstić information content (AvgIpc) is 3.03. The monoisotopic (exact) mass is 397 g/mol. The van der Waals surface area contributed by atoms with Gasteiger partial charge in [-0.1, -0.05) is 56.7 Å². The number of anilines is 3. The zero-order chi connectivity index (χ0) is 21.2. The minimum Gasteiger partial charge on any atom is -0.449 e. The Balaban J connectivity index is 1.80. The molecule has 2 heterocycles. The number of hydrogen-bond donors (Lipinski definition) is 0. The van der Waals surface area contributed by atoms with E-state index in [1.165, 1.54) is 22.3 Å². The van der Waals surface area contributed by atoms with Crippen LogP contribution in [0.5, 0.6) is 11.5 Å². The second kappa shape index (κ2) is 6.40. The van der Waals surface area contributed by atoms with E-state index in [0.29, 0.717) is 0 Å². The van der Waals surface area contributed by atoms with E-state index >= 15 is 0 Å². The van der Waals surface area contributed by atoms with Gasteiger partial charge in [-0.15, -0.1) is 0 Å². The molecule has 5 rings (SSSR count). The molecule has 3 aromatic carbocycles. The van der Waals surface area contributed by atoms with Crippen LogP contribution < -0.4 is 9.64 Å². The van der Waals surface area contributed by atoms with Crippen molar-refractivity contribution in [3.05, 3.63) is 76.9 Å². The quantitative estimate of drug-likeness (QED) is 0.285. The molecule has 0 fully saturated rings. The van der Waals surface area contributed by atoms with E-state index in [2.05, 4.69) is 76.8 Å². The van der Waals surface area contributed by atoms with Crippen LogP contribution in [0.3, 0.4) is 0 Å². The van der Waals surface area contributed by atoms with E-state index in [1.54, 1.807) is 0 Å². The molecule has 3 nitrogen and oxygen atoms in total. The van der Waals surface area contributed by atoms with Crippen LogP contribution in [0.2, 0.25) is 0 Å². The Morgan fingerprint density at radius 2 is 1.53 bits per heavy atom. The number of ether oxygens (including phenoxy) is 1. The summed E-state index contributed by atoms with van der Waals surface area (Å²) in [7, 11) is 0. The van der Waals surface area contributed by atoms with Gasteiger partial charge in [0.05, 0.1) is 16.8 Å². The molecule has 0 N–H and O–H groups in total. The summed E-state index contributed by atoms with van der Waals surface area (Å²) in [6, 6.07) is 19.0. The molecule has 0 atom stereocenters. The standard InChI is InChI=1S/C27H27NO2/c1-16-11-12-22-20(13-16)25-26(30-22)28(21-9-7-8-10-23(21)29-25)24-17(2)14-19(15-18(24)3)27(4,5)6/h7-15H,1-6H3. The van der Waals surface area contributed by atoms with Crippen LogP contribution in [0.4, 0.5) is 17.3 Å². The maximum atomic E-state index is 6.38. The SMILES string of the molecule is Cc1ccc2oc3c(c2c1)Oc1ccccc1N3c1c(C)cc(C(C)(C)C)cc1C. The number of fused-ring (bicyclic) bond motifs is 4. The third kappa shape index (κ3) is 2.80. The van der Waals surface area contributed by atoms with E-state index in [9.17, 15) is 0 Å². The van der Waals surface area contributed by atoms with Crippen molar-refractivity contribution >= 4 is 28.2 Å². The molecule has 4 aromatic rings. The number of benzene rings is 3. The van der Waals surface area contributed by atoms with Crippen LogP contribution in [-0.2, 0) is 5.41 Å². The molecule has 0 aliphatic carbocycles. The first-order valence-corrected chi connectivity index (χ1v) is 10.5. The van der Waals surface area contributed by atoms with Gasteiger partial charge in [-0.3, -0.25) is 4.90 Å². The molecule has 1 aliphatic heterocycles. The molecule has 0 saturated carbocycles. The Bertz CT molecular complexity index is 1270. The molecule has 152 valence electrons. The predicted molar refractivity (Wildman–Crippen MR) is 124 cm³/mol. The fraction of sp³-hybridized carbons (Fsp3) is 0.259. The Hall–Kier alpha value is -3.20. The molecule has 3 heteroatoms. The van der Waals surface area contributed by atoms with E-state index in [1.807, 2.05) is 24.3 Å². The molecule has 0 spiro atoms. The van der Waals surface area contributed by atoms with Crippen molar-refractivity contribution in [1.82, 2.24) is 0 Å². The van der Waals surface area contributed by atoms with Crippen molar-refractivity contribution in [1.29, 1.82) is 0 Å². The van der Waals surface area contributed by atoms with Crippen LogP contribution in [0.25, 0.3) is 11.0 Å². The van der Waals surface area contributed by atoms with E-state index < -0.39 is 0 Å². The number of aryl methyl sites for hydroxylation is 3. The summed E-state index contributed by atoms with van der Waals surface area (Å²) < 4.78 is 12.7. The first kappa shape index (κ1) is 18.8. The van der Waals surface area contributed by atoms with E-state index in [4.69, 9.17) is 9.15 Å². The third-order valence-corrected chi connectivity index (χ3v) is 5.88.